The van der Waals surface area contributed by atoms with E-state index in [2.05, 4.69) is 15.3 Å². The molecule has 0 amide bonds. The van der Waals surface area contributed by atoms with E-state index in [-0.39, 0.29) is 29.3 Å². The summed E-state index contributed by atoms with van der Waals surface area (Å²) in [6.07, 6.45) is 2.90. The van der Waals surface area contributed by atoms with E-state index < -0.39 is 47.3 Å². The minimum atomic E-state index is -0.919. The van der Waals surface area contributed by atoms with Crippen LogP contribution in [0.4, 0.5) is 8.78 Å². The fourth-order valence-corrected chi connectivity index (χ4v) is 5.59. The van der Waals surface area contributed by atoms with Crippen LogP contribution in [0.3, 0.4) is 0 Å². The number of ether oxygens (including phenoxy) is 3. The lowest BCUT2D eigenvalue weighted by atomic mass is 9.90. The Hall–Kier alpha value is -3.09. The lowest BCUT2D eigenvalue weighted by Gasteiger charge is -2.44. The third-order valence-electron chi connectivity index (χ3n) is 6.06. The minimum Gasteiger partial charge on any atom is -0.463 e. The Labute approximate surface area is 226 Å². The summed E-state index contributed by atoms with van der Waals surface area (Å²) >= 11 is 7.44. The molecule has 0 saturated carbocycles. The van der Waals surface area contributed by atoms with Crippen LogP contribution in [0.2, 0.25) is 5.02 Å². The molecule has 0 aliphatic carbocycles. The van der Waals surface area contributed by atoms with Crippen LogP contribution in [-0.2, 0) is 23.8 Å². The maximum atomic E-state index is 14.2. The topological polar surface area (TPSA) is 105 Å². The number of esters is 2. The van der Waals surface area contributed by atoms with Gasteiger partial charge in [-0.15, -0.1) is 5.10 Å². The molecule has 2 unspecified atom stereocenters. The average molecular weight is 567 g/mol. The average Bonchev–Trinajstić information content (AvgIpc) is 3.32. The van der Waals surface area contributed by atoms with Crippen LogP contribution in [0.15, 0.2) is 41.7 Å². The van der Waals surface area contributed by atoms with Gasteiger partial charge in [0.2, 0.25) is 0 Å². The number of hydrogen-bond donors (Lipinski definition) is 0. The van der Waals surface area contributed by atoms with E-state index in [0.717, 1.165) is 4.90 Å². The van der Waals surface area contributed by atoms with Crippen LogP contribution in [-0.4, -0.2) is 56.2 Å². The molecule has 0 radical (unpaired) electrons. The van der Waals surface area contributed by atoms with Gasteiger partial charge >= 0.3 is 11.9 Å². The highest BCUT2D eigenvalue weighted by Gasteiger charge is 2.48. The summed E-state index contributed by atoms with van der Waals surface area (Å²) in [4.78, 5) is 28.5. The number of benzene rings is 1. The molecule has 13 heteroatoms. The largest absolute Gasteiger partial charge is 0.463 e. The first-order valence-electron chi connectivity index (χ1n) is 11.6. The summed E-state index contributed by atoms with van der Waals surface area (Å²) in [5, 5.41) is 8.78. The van der Waals surface area contributed by atoms with Gasteiger partial charge in [-0.1, -0.05) is 35.5 Å². The summed E-state index contributed by atoms with van der Waals surface area (Å²) < 4.78 is 47.1. The molecule has 3 heterocycles. The summed E-state index contributed by atoms with van der Waals surface area (Å²) in [6.45, 7) is 5.56. The number of thioether (sulfide) groups is 1. The van der Waals surface area contributed by atoms with E-state index in [0.29, 0.717) is 5.02 Å². The van der Waals surface area contributed by atoms with Gasteiger partial charge in [0.1, 0.15) is 35.5 Å². The van der Waals surface area contributed by atoms with Crippen molar-refractivity contribution in [3.63, 3.8) is 0 Å². The summed E-state index contributed by atoms with van der Waals surface area (Å²) in [5.74, 6) is -2.87. The Kier molecular flexibility index (Phi) is 8.64. The second kappa shape index (κ2) is 11.7. The van der Waals surface area contributed by atoms with Crippen molar-refractivity contribution in [2.75, 3.05) is 6.61 Å². The predicted octanol–water partition coefficient (Wildman–Crippen LogP) is 4.77. The van der Waals surface area contributed by atoms with E-state index in [1.807, 2.05) is 6.92 Å². The lowest BCUT2D eigenvalue weighted by molar-refractivity contribution is -0.191. The van der Waals surface area contributed by atoms with Gasteiger partial charge in [-0.2, -0.15) is 0 Å². The van der Waals surface area contributed by atoms with Crippen molar-refractivity contribution in [2.24, 2.45) is 5.92 Å². The van der Waals surface area contributed by atoms with Crippen LogP contribution in [0, 0.1) is 24.5 Å². The summed E-state index contributed by atoms with van der Waals surface area (Å²) in [6, 6.07) is 3.45. The van der Waals surface area contributed by atoms with E-state index in [4.69, 9.17) is 25.8 Å². The molecule has 202 valence electrons. The van der Waals surface area contributed by atoms with Gasteiger partial charge in [-0.25, -0.2) is 13.5 Å². The molecule has 1 aliphatic heterocycles. The second-order valence-electron chi connectivity index (χ2n) is 8.87. The molecule has 5 atom stereocenters. The first kappa shape index (κ1) is 27.9. The van der Waals surface area contributed by atoms with Gasteiger partial charge in [0, 0.05) is 48.2 Å². The molecule has 4 rings (SSSR count). The highest BCUT2D eigenvalue weighted by Crippen LogP contribution is 2.43. The van der Waals surface area contributed by atoms with Gasteiger partial charge in [0.25, 0.3) is 0 Å². The van der Waals surface area contributed by atoms with Gasteiger partial charge in [0.15, 0.2) is 6.10 Å². The Morgan fingerprint density at radius 1 is 1.16 bits per heavy atom. The highest BCUT2D eigenvalue weighted by molar-refractivity contribution is 7.99. The molecular formula is C25H25ClF2N4O5S. The number of carbonyl (C=O) groups is 2. The number of nitrogens with zero attached hydrogens (tertiary/aromatic N) is 4. The molecule has 1 aliphatic rings. The Bertz CT molecular complexity index is 1320. The highest BCUT2D eigenvalue weighted by atomic mass is 35.5. The van der Waals surface area contributed by atoms with Crippen LogP contribution in [0.1, 0.15) is 32.4 Å². The molecule has 2 aromatic heterocycles. The van der Waals surface area contributed by atoms with E-state index in [1.165, 1.54) is 61.7 Å². The minimum absolute atomic E-state index is 0.0993. The number of halogens is 3. The van der Waals surface area contributed by atoms with Crippen molar-refractivity contribution in [1.82, 2.24) is 20.0 Å². The second-order valence-corrected chi connectivity index (χ2v) is 10.5. The Morgan fingerprint density at radius 2 is 1.87 bits per heavy atom. The molecule has 9 nitrogen and oxygen atoms in total. The Balaban J connectivity index is 1.73. The molecule has 0 spiro atoms. The number of rotatable bonds is 7. The first-order chi connectivity index (χ1) is 18.0. The third-order valence-corrected chi connectivity index (χ3v) is 7.53. The molecular weight excluding hydrogens is 542 g/mol. The van der Waals surface area contributed by atoms with Gasteiger partial charge in [0.05, 0.1) is 17.3 Å². The molecule has 0 bridgehead atoms. The molecule has 38 heavy (non-hydrogen) atoms. The summed E-state index contributed by atoms with van der Waals surface area (Å²) in [5.41, 5.74) is -0.205. The zero-order chi connectivity index (χ0) is 27.6. The molecule has 1 fully saturated rings. The predicted molar refractivity (Wildman–Crippen MR) is 134 cm³/mol. The molecule has 1 aromatic carbocycles. The van der Waals surface area contributed by atoms with Crippen molar-refractivity contribution in [1.29, 1.82) is 0 Å². The van der Waals surface area contributed by atoms with Crippen molar-refractivity contribution in [2.45, 2.75) is 56.3 Å². The van der Waals surface area contributed by atoms with Crippen molar-refractivity contribution in [3.8, 4) is 11.3 Å². The molecule has 3 aromatic rings. The maximum absolute atomic E-state index is 14.2. The number of hydrogen-bond acceptors (Lipinski definition) is 9. The third kappa shape index (κ3) is 6.30. The number of aromatic nitrogens is 4. The quantitative estimate of drug-likeness (QED) is 0.374. The standard InChI is InChI=1S/C25H25ClF2N4O5S/c1-12-19(27)5-16(6-20(12)28)21-10-32(31-30-21)23-13(2)25(38-18-7-17(26)8-29-9-18)37-22(11-35-14(3)33)24(23)36-15(4)34/h5-10,13,22-25H,11H2,1-4H3/t13?,22?,23-,24+,25-/m1/s1. The monoisotopic (exact) mass is 566 g/mol. The normalized spacial score (nSPS) is 23.2. The molecule has 0 N–H and O–H groups in total. The van der Waals surface area contributed by atoms with Crippen LogP contribution in [0.5, 0.6) is 0 Å². The zero-order valence-corrected chi connectivity index (χ0v) is 22.5. The fraction of sp³-hybridized carbons (Fsp3) is 0.400. The van der Waals surface area contributed by atoms with Crippen molar-refractivity contribution in [3.05, 3.63) is 59.0 Å². The SMILES string of the molecule is CC(=O)OCC1O[C@H](Sc2cncc(Cl)c2)C(C)[C@@H](n2cc(-c3cc(F)c(C)c(F)c3)nn2)[C@H]1OC(C)=O. The van der Waals surface area contributed by atoms with Crippen LogP contribution >= 0.6 is 23.4 Å². The van der Waals surface area contributed by atoms with E-state index in [9.17, 15) is 18.4 Å². The smallest absolute Gasteiger partial charge is 0.303 e. The summed E-state index contributed by atoms with van der Waals surface area (Å²) in [7, 11) is 0. The van der Waals surface area contributed by atoms with E-state index >= 15 is 0 Å². The Morgan fingerprint density at radius 3 is 2.50 bits per heavy atom. The first-order valence-corrected chi connectivity index (χ1v) is 12.9. The zero-order valence-electron chi connectivity index (χ0n) is 20.9. The fourth-order valence-electron chi connectivity index (χ4n) is 4.19. The van der Waals surface area contributed by atoms with Crippen LogP contribution < -0.4 is 0 Å². The van der Waals surface area contributed by atoms with Gasteiger partial charge in [-0.05, 0) is 25.1 Å². The van der Waals surface area contributed by atoms with E-state index in [1.54, 1.807) is 12.3 Å². The maximum Gasteiger partial charge on any atom is 0.303 e. The van der Waals surface area contributed by atoms with Crippen LogP contribution in [0.25, 0.3) is 11.3 Å². The number of carbonyl (C=O) groups excluding carboxylic acids is 2. The van der Waals surface area contributed by atoms with Crippen molar-refractivity contribution >= 4 is 35.3 Å². The van der Waals surface area contributed by atoms with Gasteiger partial charge < -0.3 is 14.2 Å². The van der Waals surface area contributed by atoms with Crippen molar-refractivity contribution < 1.29 is 32.6 Å². The van der Waals surface area contributed by atoms with Gasteiger partial charge in [-0.3, -0.25) is 14.6 Å². The molecule has 1 saturated heterocycles. The number of pyridine rings is 1. The lowest BCUT2D eigenvalue weighted by Crippen LogP contribution is -2.53.